The van der Waals surface area contributed by atoms with Gasteiger partial charge in [0.1, 0.15) is 5.69 Å². The van der Waals surface area contributed by atoms with Crippen molar-refractivity contribution in [3.05, 3.63) is 23.8 Å². The fraction of sp³-hybridized carbons (Fsp3) is 0.333. The summed E-state index contributed by atoms with van der Waals surface area (Å²) in [7, 11) is 0. The molecule has 0 aromatic carbocycles. The monoisotopic (exact) mass is 193 g/mol. The van der Waals surface area contributed by atoms with Crippen LogP contribution in [0.25, 0.3) is 0 Å². The van der Waals surface area contributed by atoms with E-state index in [-0.39, 0.29) is 23.1 Å². The van der Waals surface area contributed by atoms with Gasteiger partial charge in [0.25, 0.3) is 5.91 Å². The number of ketones is 1. The number of carbonyl (C=O) groups excluding carboxylic acids is 2. The van der Waals surface area contributed by atoms with Crippen molar-refractivity contribution in [2.45, 2.75) is 13.8 Å². The van der Waals surface area contributed by atoms with Crippen LogP contribution in [0.5, 0.6) is 0 Å². The molecule has 0 aliphatic carbocycles. The number of rotatable bonds is 3. The molecule has 1 aromatic rings. The molecule has 5 nitrogen and oxygen atoms in total. The van der Waals surface area contributed by atoms with Gasteiger partial charge in [-0.25, -0.2) is 9.97 Å². The largest absolute Gasteiger partial charge is 0.351 e. The zero-order chi connectivity index (χ0) is 10.6. The molecular formula is C9H11N3O2. The van der Waals surface area contributed by atoms with Crippen molar-refractivity contribution in [2.75, 3.05) is 6.54 Å². The molecule has 0 saturated carbocycles. The van der Waals surface area contributed by atoms with Crippen LogP contribution in [0.4, 0.5) is 0 Å². The van der Waals surface area contributed by atoms with E-state index in [1.807, 2.05) is 0 Å². The molecule has 0 aliphatic rings. The lowest BCUT2D eigenvalue weighted by Crippen LogP contribution is -2.26. The Labute approximate surface area is 81.6 Å². The number of hydrogen-bond donors (Lipinski definition) is 1. The summed E-state index contributed by atoms with van der Waals surface area (Å²) in [5, 5.41) is 2.56. The lowest BCUT2D eigenvalue weighted by Gasteiger charge is -2.03. The molecule has 0 aliphatic heterocycles. The van der Waals surface area contributed by atoms with Gasteiger partial charge in [-0.3, -0.25) is 9.59 Å². The van der Waals surface area contributed by atoms with Gasteiger partial charge in [-0.1, -0.05) is 0 Å². The first-order valence-corrected chi connectivity index (χ1v) is 4.27. The SMILES string of the molecule is CCNC(=O)c1nccnc1C(C)=O. The van der Waals surface area contributed by atoms with E-state index < -0.39 is 0 Å². The molecule has 0 spiro atoms. The molecule has 1 heterocycles. The Balaban J connectivity index is 3.07. The maximum atomic E-state index is 11.4. The summed E-state index contributed by atoms with van der Waals surface area (Å²) in [5.41, 5.74) is 0.195. The predicted octanol–water partition coefficient (Wildman–Crippen LogP) is 0.429. The predicted molar refractivity (Wildman–Crippen MR) is 50.0 cm³/mol. The lowest BCUT2D eigenvalue weighted by molar-refractivity contribution is 0.0933. The topological polar surface area (TPSA) is 72.0 Å². The third kappa shape index (κ3) is 2.12. The first kappa shape index (κ1) is 10.3. The molecule has 0 fully saturated rings. The molecule has 0 atom stereocenters. The highest BCUT2D eigenvalue weighted by Crippen LogP contribution is 2.01. The first-order valence-electron chi connectivity index (χ1n) is 4.27. The molecule has 1 aromatic heterocycles. The summed E-state index contributed by atoms with van der Waals surface area (Å²) < 4.78 is 0. The molecule has 5 heteroatoms. The third-order valence-corrected chi connectivity index (χ3v) is 1.58. The van der Waals surface area contributed by atoms with Crippen LogP contribution >= 0.6 is 0 Å². The lowest BCUT2D eigenvalue weighted by atomic mass is 10.2. The number of carbonyl (C=O) groups is 2. The van der Waals surface area contributed by atoms with Crippen molar-refractivity contribution in [3.8, 4) is 0 Å². The molecule has 0 saturated heterocycles. The standard InChI is InChI=1S/C9H11N3O2/c1-3-10-9(14)8-7(6(2)13)11-4-5-12-8/h4-5H,3H2,1-2H3,(H,10,14). The molecule has 0 unspecified atom stereocenters. The van der Waals surface area contributed by atoms with E-state index in [2.05, 4.69) is 15.3 Å². The molecule has 14 heavy (non-hydrogen) atoms. The van der Waals surface area contributed by atoms with E-state index in [1.54, 1.807) is 6.92 Å². The van der Waals surface area contributed by atoms with Crippen LogP contribution in [0, 0.1) is 0 Å². The molecule has 1 N–H and O–H groups in total. The van der Waals surface area contributed by atoms with Crippen molar-refractivity contribution in [1.29, 1.82) is 0 Å². The highest BCUT2D eigenvalue weighted by molar-refractivity contribution is 6.04. The van der Waals surface area contributed by atoms with Crippen molar-refractivity contribution < 1.29 is 9.59 Å². The maximum Gasteiger partial charge on any atom is 0.272 e. The Bertz CT molecular complexity index is 363. The Morgan fingerprint density at radius 1 is 1.29 bits per heavy atom. The van der Waals surface area contributed by atoms with Gasteiger partial charge in [-0.2, -0.15) is 0 Å². The molecule has 0 radical (unpaired) electrons. The minimum atomic E-state index is -0.370. The van der Waals surface area contributed by atoms with Crippen molar-refractivity contribution in [3.63, 3.8) is 0 Å². The first-order chi connectivity index (χ1) is 6.66. The fourth-order valence-electron chi connectivity index (χ4n) is 1.01. The van der Waals surface area contributed by atoms with E-state index in [1.165, 1.54) is 19.3 Å². The minimum Gasteiger partial charge on any atom is -0.351 e. The van der Waals surface area contributed by atoms with Gasteiger partial charge in [0.05, 0.1) is 0 Å². The van der Waals surface area contributed by atoms with Gasteiger partial charge in [0.2, 0.25) is 0 Å². The van der Waals surface area contributed by atoms with Gasteiger partial charge < -0.3 is 5.32 Å². The highest BCUT2D eigenvalue weighted by atomic mass is 16.2. The minimum absolute atomic E-state index is 0.0850. The number of nitrogens with zero attached hydrogens (tertiary/aromatic N) is 2. The number of hydrogen-bond acceptors (Lipinski definition) is 4. The van der Waals surface area contributed by atoms with E-state index in [4.69, 9.17) is 0 Å². The number of aromatic nitrogens is 2. The smallest absolute Gasteiger partial charge is 0.272 e. The Morgan fingerprint density at radius 3 is 2.36 bits per heavy atom. The van der Waals surface area contributed by atoms with Crippen molar-refractivity contribution in [2.24, 2.45) is 0 Å². The van der Waals surface area contributed by atoms with Gasteiger partial charge in [-0.05, 0) is 6.92 Å². The second-order valence-electron chi connectivity index (χ2n) is 2.67. The normalized spacial score (nSPS) is 9.57. The Hall–Kier alpha value is -1.78. The summed E-state index contributed by atoms with van der Waals surface area (Å²) in [5.74, 6) is -0.634. The third-order valence-electron chi connectivity index (χ3n) is 1.58. The number of nitrogens with one attached hydrogen (secondary N) is 1. The molecule has 0 bridgehead atoms. The quantitative estimate of drug-likeness (QED) is 0.706. The van der Waals surface area contributed by atoms with Crippen LogP contribution in [0.3, 0.4) is 0 Å². The summed E-state index contributed by atoms with van der Waals surface area (Å²) in [6.45, 7) is 3.64. The Morgan fingerprint density at radius 2 is 1.86 bits per heavy atom. The van der Waals surface area contributed by atoms with Crippen LogP contribution in [0.1, 0.15) is 34.8 Å². The van der Waals surface area contributed by atoms with Crippen LogP contribution in [0.15, 0.2) is 12.4 Å². The van der Waals surface area contributed by atoms with Crippen molar-refractivity contribution >= 4 is 11.7 Å². The van der Waals surface area contributed by atoms with Crippen LogP contribution in [0.2, 0.25) is 0 Å². The molecule has 74 valence electrons. The Kier molecular flexibility index (Phi) is 3.28. The summed E-state index contributed by atoms with van der Waals surface area (Å²) in [4.78, 5) is 30.1. The second kappa shape index (κ2) is 4.45. The summed E-state index contributed by atoms with van der Waals surface area (Å²) in [6, 6.07) is 0. The zero-order valence-corrected chi connectivity index (χ0v) is 8.07. The highest BCUT2D eigenvalue weighted by Gasteiger charge is 2.15. The molecule has 1 rings (SSSR count). The maximum absolute atomic E-state index is 11.4. The van der Waals surface area contributed by atoms with Gasteiger partial charge in [0.15, 0.2) is 11.5 Å². The second-order valence-corrected chi connectivity index (χ2v) is 2.67. The zero-order valence-electron chi connectivity index (χ0n) is 8.07. The van der Waals surface area contributed by atoms with E-state index in [0.717, 1.165) is 0 Å². The summed E-state index contributed by atoms with van der Waals surface area (Å²) >= 11 is 0. The van der Waals surface area contributed by atoms with Gasteiger partial charge in [-0.15, -0.1) is 0 Å². The average molecular weight is 193 g/mol. The fourth-order valence-corrected chi connectivity index (χ4v) is 1.01. The van der Waals surface area contributed by atoms with E-state index >= 15 is 0 Å². The van der Waals surface area contributed by atoms with Crippen molar-refractivity contribution in [1.82, 2.24) is 15.3 Å². The summed E-state index contributed by atoms with van der Waals surface area (Å²) in [6.07, 6.45) is 2.77. The van der Waals surface area contributed by atoms with Crippen LogP contribution in [-0.4, -0.2) is 28.2 Å². The number of amides is 1. The van der Waals surface area contributed by atoms with Crippen LogP contribution < -0.4 is 5.32 Å². The van der Waals surface area contributed by atoms with Gasteiger partial charge in [0, 0.05) is 25.9 Å². The number of Topliss-reactive ketones (excluding diaryl/α,β-unsaturated/α-hetero) is 1. The molecular weight excluding hydrogens is 182 g/mol. The van der Waals surface area contributed by atoms with E-state index in [9.17, 15) is 9.59 Å². The molecule has 1 amide bonds. The van der Waals surface area contributed by atoms with Crippen LogP contribution in [-0.2, 0) is 0 Å². The average Bonchev–Trinajstić information content (AvgIpc) is 2.18. The van der Waals surface area contributed by atoms with Gasteiger partial charge >= 0.3 is 0 Å². The van der Waals surface area contributed by atoms with E-state index in [0.29, 0.717) is 6.54 Å².